The number of benzene rings is 1. The Hall–Kier alpha value is -2.14. The maximum Gasteiger partial charge on any atom is 0.354 e. The third-order valence-corrected chi connectivity index (χ3v) is 3.58. The Kier molecular flexibility index (Phi) is 3.28. The number of hydrogen-bond donors (Lipinski definition) is 1. The summed E-state index contributed by atoms with van der Waals surface area (Å²) >= 11 is 3.45. The van der Waals surface area contributed by atoms with E-state index >= 15 is 0 Å². The lowest BCUT2D eigenvalue weighted by molar-refractivity contribution is 0.0690. The molecule has 0 amide bonds. The Balaban J connectivity index is 1.97. The minimum absolute atomic E-state index is 0.0710. The van der Waals surface area contributed by atoms with E-state index in [-0.39, 0.29) is 5.69 Å². The average Bonchev–Trinajstić information content (AvgIpc) is 2.81. The van der Waals surface area contributed by atoms with Crippen LogP contribution in [0.15, 0.2) is 53.1 Å². The number of aromatic carboxylic acids is 1. The normalized spacial score (nSPS) is 10.8. The van der Waals surface area contributed by atoms with Crippen LogP contribution in [0.3, 0.4) is 0 Å². The molecule has 0 spiro atoms. The highest BCUT2D eigenvalue weighted by molar-refractivity contribution is 9.10. The van der Waals surface area contributed by atoms with E-state index in [1.807, 2.05) is 36.5 Å². The molecule has 20 heavy (non-hydrogen) atoms. The molecular weight excluding hydrogens is 320 g/mol. The monoisotopic (exact) mass is 330 g/mol. The molecule has 0 atom stereocenters. The first kappa shape index (κ1) is 12.9. The van der Waals surface area contributed by atoms with Crippen LogP contribution in [0.5, 0.6) is 0 Å². The minimum Gasteiger partial charge on any atom is -0.477 e. The van der Waals surface area contributed by atoms with E-state index in [4.69, 9.17) is 5.11 Å². The average molecular weight is 331 g/mol. The summed E-state index contributed by atoms with van der Waals surface area (Å²) in [5.74, 6) is -1.01. The SMILES string of the molecule is O=C(O)c1cccc(Cn2ccc3cc(Br)ccc32)n1. The van der Waals surface area contributed by atoms with Crippen LogP contribution in [0.2, 0.25) is 0 Å². The molecule has 1 aromatic carbocycles. The predicted octanol–water partition coefficient (Wildman–Crippen LogP) is 3.55. The minimum atomic E-state index is -1.01. The Bertz CT molecular complexity index is 795. The van der Waals surface area contributed by atoms with Gasteiger partial charge in [0.15, 0.2) is 0 Å². The van der Waals surface area contributed by atoms with E-state index in [1.165, 1.54) is 6.07 Å². The molecule has 0 aliphatic rings. The molecule has 2 heterocycles. The number of nitrogens with zero attached hydrogens (tertiary/aromatic N) is 2. The van der Waals surface area contributed by atoms with Gasteiger partial charge in [0.1, 0.15) is 5.69 Å². The Morgan fingerprint density at radius 3 is 2.90 bits per heavy atom. The number of carbonyl (C=O) groups is 1. The summed E-state index contributed by atoms with van der Waals surface area (Å²) in [6.07, 6.45) is 1.98. The van der Waals surface area contributed by atoms with Crippen molar-refractivity contribution in [3.63, 3.8) is 0 Å². The first-order valence-corrected chi connectivity index (χ1v) is 6.86. The zero-order chi connectivity index (χ0) is 14.1. The Labute approximate surface area is 123 Å². The van der Waals surface area contributed by atoms with Gasteiger partial charge in [0, 0.05) is 21.6 Å². The molecule has 5 heteroatoms. The number of hydrogen-bond acceptors (Lipinski definition) is 2. The first-order chi connectivity index (χ1) is 9.63. The first-order valence-electron chi connectivity index (χ1n) is 6.07. The standard InChI is InChI=1S/C15H11BrN2O2/c16-11-4-5-14-10(8-11)6-7-18(14)9-12-2-1-3-13(17-12)15(19)20/h1-8H,9H2,(H,19,20). The van der Waals surface area contributed by atoms with Crippen molar-refractivity contribution in [2.45, 2.75) is 6.54 Å². The number of fused-ring (bicyclic) bond motifs is 1. The van der Waals surface area contributed by atoms with Crippen molar-refractivity contribution in [1.82, 2.24) is 9.55 Å². The largest absolute Gasteiger partial charge is 0.477 e. The Morgan fingerprint density at radius 2 is 2.10 bits per heavy atom. The lowest BCUT2D eigenvalue weighted by Crippen LogP contribution is -2.05. The van der Waals surface area contributed by atoms with E-state index in [9.17, 15) is 4.79 Å². The van der Waals surface area contributed by atoms with Crippen LogP contribution in [0, 0.1) is 0 Å². The number of rotatable bonds is 3. The molecule has 0 bridgehead atoms. The smallest absolute Gasteiger partial charge is 0.354 e. The molecule has 0 unspecified atom stereocenters. The van der Waals surface area contributed by atoms with Gasteiger partial charge < -0.3 is 9.67 Å². The van der Waals surface area contributed by atoms with E-state index in [1.54, 1.807) is 6.07 Å². The third-order valence-electron chi connectivity index (χ3n) is 3.09. The van der Waals surface area contributed by atoms with E-state index in [0.717, 1.165) is 21.1 Å². The van der Waals surface area contributed by atoms with Gasteiger partial charge in [-0.2, -0.15) is 0 Å². The highest BCUT2D eigenvalue weighted by Gasteiger charge is 2.07. The van der Waals surface area contributed by atoms with Crippen molar-refractivity contribution in [2.75, 3.05) is 0 Å². The van der Waals surface area contributed by atoms with Crippen LogP contribution >= 0.6 is 15.9 Å². The van der Waals surface area contributed by atoms with Crippen LogP contribution in [-0.2, 0) is 6.54 Å². The lowest BCUT2D eigenvalue weighted by atomic mass is 10.2. The zero-order valence-corrected chi connectivity index (χ0v) is 12.0. The molecule has 1 N–H and O–H groups in total. The number of carboxylic acids is 1. The van der Waals surface area contributed by atoms with E-state index in [2.05, 4.69) is 25.5 Å². The Morgan fingerprint density at radius 1 is 1.25 bits per heavy atom. The summed E-state index contributed by atoms with van der Waals surface area (Å²) in [7, 11) is 0. The van der Waals surface area contributed by atoms with Gasteiger partial charge in [0.05, 0.1) is 12.2 Å². The van der Waals surface area contributed by atoms with Gasteiger partial charge in [-0.15, -0.1) is 0 Å². The van der Waals surface area contributed by atoms with Gasteiger partial charge in [-0.05, 0) is 36.4 Å². The molecule has 0 aliphatic heterocycles. The van der Waals surface area contributed by atoms with Crippen LogP contribution in [0.1, 0.15) is 16.2 Å². The lowest BCUT2D eigenvalue weighted by Gasteiger charge is -2.06. The second-order valence-electron chi connectivity index (χ2n) is 4.47. The van der Waals surface area contributed by atoms with Crippen LogP contribution in [0.4, 0.5) is 0 Å². The zero-order valence-electron chi connectivity index (χ0n) is 10.5. The second kappa shape index (κ2) is 5.09. The summed E-state index contributed by atoms with van der Waals surface area (Å²) in [6.45, 7) is 0.548. The number of carboxylic acid groups (broad SMARTS) is 1. The maximum absolute atomic E-state index is 10.9. The topological polar surface area (TPSA) is 55.1 Å². The van der Waals surface area contributed by atoms with Crippen LogP contribution in [-0.4, -0.2) is 20.6 Å². The van der Waals surface area contributed by atoms with Gasteiger partial charge in [0.25, 0.3) is 0 Å². The van der Waals surface area contributed by atoms with Crippen molar-refractivity contribution in [3.05, 3.63) is 64.5 Å². The van der Waals surface area contributed by atoms with E-state index in [0.29, 0.717) is 6.54 Å². The predicted molar refractivity (Wildman–Crippen MR) is 79.9 cm³/mol. The molecule has 0 saturated heterocycles. The van der Waals surface area contributed by atoms with E-state index < -0.39 is 5.97 Å². The van der Waals surface area contributed by atoms with Gasteiger partial charge in [-0.3, -0.25) is 0 Å². The molecule has 0 fully saturated rings. The summed E-state index contributed by atoms with van der Waals surface area (Å²) in [4.78, 5) is 15.1. The van der Waals surface area contributed by atoms with Gasteiger partial charge >= 0.3 is 5.97 Å². The fourth-order valence-electron chi connectivity index (χ4n) is 2.17. The molecule has 3 rings (SSSR count). The number of aromatic nitrogens is 2. The molecule has 3 aromatic rings. The van der Waals surface area contributed by atoms with Crippen molar-refractivity contribution >= 4 is 32.8 Å². The summed E-state index contributed by atoms with van der Waals surface area (Å²) in [5.41, 5.74) is 1.89. The summed E-state index contributed by atoms with van der Waals surface area (Å²) < 4.78 is 3.09. The molecule has 0 saturated carbocycles. The highest BCUT2D eigenvalue weighted by atomic mass is 79.9. The molecule has 0 aliphatic carbocycles. The van der Waals surface area contributed by atoms with Crippen molar-refractivity contribution in [2.24, 2.45) is 0 Å². The molecule has 4 nitrogen and oxygen atoms in total. The van der Waals surface area contributed by atoms with Crippen molar-refractivity contribution < 1.29 is 9.90 Å². The number of halogens is 1. The van der Waals surface area contributed by atoms with Crippen molar-refractivity contribution in [1.29, 1.82) is 0 Å². The van der Waals surface area contributed by atoms with Crippen LogP contribution in [0.25, 0.3) is 10.9 Å². The number of pyridine rings is 1. The van der Waals surface area contributed by atoms with Crippen LogP contribution < -0.4 is 0 Å². The fraction of sp³-hybridized carbons (Fsp3) is 0.0667. The van der Waals surface area contributed by atoms with Gasteiger partial charge in [-0.1, -0.05) is 22.0 Å². The molecule has 0 radical (unpaired) electrons. The quantitative estimate of drug-likeness (QED) is 0.799. The fourth-order valence-corrected chi connectivity index (χ4v) is 2.55. The molecular formula is C15H11BrN2O2. The third kappa shape index (κ3) is 2.44. The second-order valence-corrected chi connectivity index (χ2v) is 5.38. The van der Waals surface area contributed by atoms with Gasteiger partial charge in [0.2, 0.25) is 0 Å². The molecule has 2 aromatic heterocycles. The summed E-state index contributed by atoms with van der Waals surface area (Å²) in [5, 5.41) is 10.1. The maximum atomic E-state index is 10.9. The highest BCUT2D eigenvalue weighted by Crippen LogP contribution is 2.21. The van der Waals surface area contributed by atoms with Gasteiger partial charge in [-0.25, -0.2) is 9.78 Å². The molecule has 100 valence electrons. The van der Waals surface area contributed by atoms with Crippen molar-refractivity contribution in [3.8, 4) is 0 Å². The summed E-state index contributed by atoms with van der Waals surface area (Å²) in [6, 6.07) is 13.1.